The Balaban J connectivity index is 1.48. The fourth-order valence-corrected chi connectivity index (χ4v) is 4.37. The van der Waals surface area contributed by atoms with Gasteiger partial charge >= 0.3 is 0 Å². The van der Waals surface area contributed by atoms with Gasteiger partial charge in [-0.15, -0.1) is 0 Å². The maximum atomic E-state index is 12.0. The summed E-state index contributed by atoms with van der Waals surface area (Å²) in [5, 5.41) is 9.89. The average molecular weight is 386 g/mol. The SMILES string of the molecule is CN=C(NCC1CCCN(CC(C)C)C1)NCC1CC(=O)Nc2ccccc21. The summed E-state index contributed by atoms with van der Waals surface area (Å²) in [6.45, 7) is 9.80. The molecule has 0 aliphatic carbocycles. The third kappa shape index (κ3) is 5.71. The zero-order valence-corrected chi connectivity index (χ0v) is 17.5. The summed E-state index contributed by atoms with van der Waals surface area (Å²) in [6, 6.07) is 8.06. The summed E-state index contributed by atoms with van der Waals surface area (Å²) >= 11 is 0. The van der Waals surface area contributed by atoms with Gasteiger partial charge in [-0.2, -0.15) is 0 Å². The molecule has 1 amide bonds. The second-order valence-electron chi connectivity index (χ2n) is 8.53. The number of guanidine groups is 1. The van der Waals surface area contributed by atoms with Crippen LogP contribution in [0.2, 0.25) is 0 Å². The van der Waals surface area contributed by atoms with E-state index < -0.39 is 0 Å². The first-order chi connectivity index (χ1) is 13.5. The first-order valence-electron chi connectivity index (χ1n) is 10.6. The maximum Gasteiger partial charge on any atom is 0.225 e. The molecular formula is C22H35N5O. The van der Waals surface area contributed by atoms with Crippen LogP contribution in [0.3, 0.4) is 0 Å². The van der Waals surface area contributed by atoms with Crippen molar-refractivity contribution in [3.8, 4) is 0 Å². The molecule has 154 valence electrons. The Labute approximate surface area is 169 Å². The number of carbonyl (C=O) groups excluding carboxylic acids is 1. The van der Waals surface area contributed by atoms with Crippen LogP contribution in [0.5, 0.6) is 0 Å². The van der Waals surface area contributed by atoms with Crippen LogP contribution in [0.1, 0.15) is 44.6 Å². The molecule has 1 aromatic carbocycles. The van der Waals surface area contributed by atoms with Crippen molar-refractivity contribution >= 4 is 17.6 Å². The number of piperidine rings is 1. The number of fused-ring (bicyclic) bond motifs is 1. The number of carbonyl (C=O) groups is 1. The van der Waals surface area contributed by atoms with E-state index in [4.69, 9.17) is 0 Å². The number of rotatable bonds is 6. The van der Waals surface area contributed by atoms with E-state index in [0.717, 1.165) is 24.1 Å². The Bertz CT molecular complexity index is 687. The van der Waals surface area contributed by atoms with Gasteiger partial charge in [-0.1, -0.05) is 32.0 Å². The van der Waals surface area contributed by atoms with Gasteiger partial charge in [-0.25, -0.2) is 0 Å². The van der Waals surface area contributed by atoms with E-state index in [0.29, 0.717) is 18.9 Å². The molecule has 2 heterocycles. The van der Waals surface area contributed by atoms with Gasteiger partial charge in [0, 0.05) is 51.3 Å². The van der Waals surface area contributed by atoms with Crippen molar-refractivity contribution in [1.29, 1.82) is 0 Å². The number of amides is 1. The maximum absolute atomic E-state index is 12.0. The molecule has 2 unspecified atom stereocenters. The summed E-state index contributed by atoms with van der Waals surface area (Å²) < 4.78 is 0. The standard InChI is InChI=1S/C22H35N5O/c1-16(2)14-27-10-6-7-17(15-27)12-24-22(23-3)25-13-18-11-21(28)26-20-9-5-4-8-19(18)20/h4-5,8-9,16-18H,6-7,10-15H2,1-3H3,(H,26,28)(H2,23,24,25). The van der Waals surface area contributed by atoms with Crippen molar-refractivity contribution < 1.29 is 4.79 Å². The predicted octanol–water partition coefficient (Wildman–Crippen LogP) is 2.65. The summed E-state index contributed by atoms with van der Waals surface area (Å²) in [5.74, 6) is 2.45. The van der Waals surface area contributed by atoms with Gasteiger partial charge < -0.3 is 20.9 Å². The minimum Gasteiger partial charge on any atom is -0.356 e. The second-order valence-corrected chi connectivity index (χ2v) is 8.53. The van der Waals surface area contributed by atoms with Gasteiger partial charge in [0.15, 0.2) is 5.96 Å². The van der Waals surface area contributed by atoms with Crippen LogP contribution in [-0.2, 0) is 4.79 Å². The highest BCUT2D eigenvalue weighted by Crippen LogP contribution is 2.31. The lowest BCUT2D eigenvalue weighted by Crippen LogP contribution is -2.46. The number of likely N-dealkylation sites (tertiary alicyclic amines) is 1. The number of aliphatic imine (C=N–C) groups is 1. The molecular weight excluding hydrogens is 350 g/mol. The zero-order valence-electron chi connectivity index (χ0n) is 17.5. The predicted molar refractivity (Wildman–Crippen MR) is 116 cm³/mol. The van der Waals surface area contributed by atoms with Gasteiger partial charge in [0.05, 0.1) is 0 Å². The lowest BCUT2D eigenvalue weighted by atomic mass is 9.90. The summed E-state index contributed by atoms with van der Waals surface area (Å²) in [7, 11) is 1.81. The lowest BCUT2D eigenvalue weighted by Gasteiger charge is -2.34. The van der Waals surface area contributed by atoms with Crippen LogP contribution in [0.15, 0.2) is 29.3 Å². The molecule has 6 heteroatoms. The second kappa shape index (κ2) is 9.92. The van der Waals surface area contributed by atoms with Crippen molar-refractivity contribution in [2.75, 3.05) is 45.1 Å². The molecule has 2 atom stereocenters. The minimum atomic E-state index is 0.0842. The highest BCUT2D eigenvalue weighted by atomic mass is 16.1. The molecule has 3 rings (SSSR count). The number of anilines is 1. The van der Waals surface area contributed by atoms with Crippen LogP contribution in [0, 0.1) is 11.8 Å². The Morgan fingerprint density at radius 1 is 1.29 bits per heavy atom. The van der Waals surface area contributed by atoms with Gasteiger partial charge in [0.2, 0.25) is 5.91 Å². The Morgan fingerprint density at radius 2 is 2.07 bits per heavy atom. The van der Waals surface area contributed by atoms with E-state index in [1.54, 1.807) is 0 Å². The quantitative estimate of drug-likeness (QED) is 0.520. The van der Waals surface area contributed by atoms with E-state index in [2.05, 4.69) is 45.8 Å². The van der Waals surface area contributed by atoms with Crippen LogP contribution in [0.4, 0.5) is 5.69 Å². The molecule has 1 fully saturated rings. The molecule has 3 N–H and O–H groups in total. The largest absolute Gasteiger partial charge is 0.356 e. The monoisotopic (exact) mass is 385 g/mol. The zero-order chi connectivity index (χ0) is 19.9. The Hall–Kier alpha value is -2.08. The fourth-order valence-electron chi connectivity index (χ4n) is 4.37. The number of hydrogen-bond acceptors (Lipinski definition) is 3. The highest BCUT2D eigenvalue weighted by Gasteiger charge is 2.25. The van der Waals surface area contributed by atoms with Crippen LogP contribution in [-0.4, -0.2) is 56.5 Å². The van der Waals surface area contributed by atoms with Crippen molar-refractivity contribution in [2.45, 2.75) is 39.0 Å². The lowest BCUT2D eigenvalue weighted by molar-refractivity contribution is -0.116. The van der Waals surface area contributed by atoms with Crippen molar-refractivity contribution in [3.05, 3.63) is 29.8 Å². The Morgan fingerprint density at radius 3 is 2.86 bits per heavy atom. The first-order valence-corrected chi connectivity index (χ1v) is 10.6. The molecule has 0 bridgehead atoms. The number of benzene rings is 1. The fraction of sp³-hybridized carbons (Fsp3) is 0.636. The molecule has 0 saturated carbocycles. The van der Waals surface area contributed by atoms with Crippen molar-refractivity contribution in [2.24, 2.45) is 16.8 Å². The van der Waals surface area contributed by atoms with E-state index in [9.17, 15) is 4.79 Å². The number of para-hydroxylation sites is 1. The van der Waals surface area contributed by atoms with Crippen LogP contribution in [0.25, 0.3) is 0 Å². The van der Waals surface area contributed by atoms with E-state index in [1.165, 1.54) is 38.0 Å². The van der Waals surface area contributed by atoms with Gasteiger partial charge in [0.25, 0.3) is 0 Å². The molecule has 0 aromatic heterocycles. The average Bonchev–Trinajstić information content (AvgIpc) is 2.67. The van der Waals surface area contributed by atoms with E-state index in [1.807, 2.05) is 25.2 Å². The third-order valence-corrected chi connectivity index (χ3v) is 5.63. The highest BCUT2D eigenvalue weighted by molar-refractivity contribution is 5.94. The molecule has 1 aromatic rings. The van der Waals surface area contributed by atoms with Crippen LogP contribution < -0.4 is 16.0 Å². The topological polar surface area (TPSA) is 68.8 Å². The summed E-state index contributed by atoms with van der Waals surface area (Å²) in [4.78, 5) is 19.0. The normalized spacial score (nSPS) is 23.3. The molecule has 0 radical (unpaired) electrons. The first kappa shape index (κ1) is 20.6. The molecule has 2 aliphatic rings. The van der Waals surface area contributed by atoms with Gasteiger partial charge in [-0.05, 0) is 42.9 Å². The minimum absolute atomic E-state index is 0.0842. The third-order valence-electron chi connectivity index (χ3n) is 5.63. The van der Waals surface area contributed by atoms with E-state index in [-0.39, 0.29) is 11.8 Å². The van der Waals surface area contributed by atoms with Crippen molar-refractivity contribution in [1.82, 2.24) is 15.5 Å². The molecule has 6 nitrogen and oxygen atoms in total. The molecule has 2 aliphatic heterocycles. The summed E-state index contributed by atoms with van der Waals surface area (Å²) in [5.41, 5.74) is 2.13. The molecule has 28 heavy (non-hydrogen) atoms. The smallest absolute Gasteiger partial charge is 0.225 e. The number of hydrogen-bond donors (Lipinski definition) is 3. The number of nitrogens with zero attached hydrogens (tertiary/aromatic N) is 2. The summed E-state index contributed by atoms with van der Waals surface area (Å²) in [6.07, 6.45) is 3.06. The Kier molecular flexibility index (Phi) is 7.31. The van der Waals surface area contributed by atoms with Gasteiger partial charge in [0.1, 0.15) is 0 Å². The van der Waals surface area contributed by atoms with Gasteiger partial charge in [-0.3, -0.25) is 9.79 Å². The molecule has 0 spiro atoms. The van der Waals surface area contributed by atoms with E-state index >= 15 is 0 Å². The van der Waals surface area contributed by atoms with Crippen molar-refractivity contribution in [3.63, 3.8) is 0 Å². The molecule has 1 saturated heterocycles. The van der Waals surface area contributed by atoms with Crippen LogP contribution >= 0.6 is 0 Å². The number of nitrogens with one attached hydrogen (secondary N) is 3.